The van der Waals surface area contributed by atoms with E-state index in [1.807, 2.05) is 49.4 Å². The predicted molar refractivity (Wildman–Crippen MR) is 107 cm³/mol. The van der Waals surface area contributed by atoms with Gasteiger partial charge in [-0.2, -0.15) is 5.10 Å². The van der Waals surface area contributed by atoms with Crippen LogP contribution in [-0.2, 0) is 4.79 Å². The Balaban J connectivity index is 1.93. The van der Waals surface area contributed by atoms with E-state index in [1.165, 1.54) is 0 Å². The van der Waals surface area contributed by atoms with E-state index in [-0.39, 0.29) is 12.5 Å². The van der Waals surface area contributed by atoms with Gasteiger partial charge in [0.1, 0.15) is 11.5 Å². The van der Waals surface area contributed by atoms with E-state index in [1.54, 1.807) is 6.21 Å². The maximum atomic E-state index is 12.0. The fourth-order valence-corrected chi connectivity index (χ4v) is 2.72. The molecule has 0 aliphatic carbocycles. The van der Waals surface area contributed by atoms with Crippen molar-refractivity contribution in [2.75, 3.05) is 13.2 Å². The summed E-state index contributed by atoms with van der Waals surface area (Å²) in [7, 11) is 0. The molecule has 0 aliphatic heterocycles. The van der Waals surface area contributed by atoms with Gasteiger partial charge in [-0.1, -0.05) is 48.0 Å². The minimum atomic E-state index is -0.326. The molecule has 0 spiro atoms. The molecule has 2 rings (SSSR count). The smallest absolute Gasteiger partial charge is 0.277 e. The lowest BCUT2D eigenvalue weighted by Gasteiger charge is -2.13. The summed E-state index contributed by atoms with van der Waals surface area (Å²) in [5.74, 6) is 1.41. The number of benzene rings is 2. The molecule has 0 saturated carbocycles. The zero-order chi connectivity index (χ0) is 18.9. The molecular weight excluding hydrogens is 396 g/mol. The first-order chi connectivity index (χ1) is 12.5. The molecule has 2 aromatic carbocycles. The van der Waals surface area contributed by atoms with Crippen molar-refractivity contribution in [1.29, 1.82) is 0 Å². The summed E-state index contributed by atoms with van der Waals surface area (Å²) < 4.78 is 12.1. The third-order valence-electron chi connectivity index (χ3n) is 3.56. The standard InChI is InChI=1S/C20H23BrN2O3/c1-4-25-18-10-9-16(21)11-15(18)12-22-23-20(24)13-26-19-8-6-5-7-17(19)14(2)3/h5-12,14H,4,13H2,1-3H3,(H,23,24)/b22-12+. The summed E-state index contributed by atoms with van der Waals surface area (Å²) in [6, 6.07) is 13.3. The van der Waals surface area contributed by atoms with Gasteiger partial charge >= 0.3 is 0 Å². The van der Waals surface area contributed by atoms with Crippen LogP contribution < -0.4 is 14.9 Å². The van der Waals surface area contributed by atoms with Gasteiger partial charge in [0, 0.05) is 10.0 Å². The van der Waals surface area contributed by atoms with E-state index in [0.717, 1.165) is 15.6 Å². The Hall–Kier alpha value is -2.34. The van der Waals surface area contributed by atoms with Crippen LogP contribution >= 0.6 is 15.9 Å². The van der Waals surface area contributed by atoms with Crippen molar-refractivity contribution < 1.29 is 14.3 Å². The Morgan fingerprint density at radius 1 is 1.19 bits per heavy atom. The van der Waals surface area contributed by atoms with Crippen LogP contribution in [0.4, 0.5) is 0 Å². The quantitative estimate of drug-likeness (QED) is 0.506. The van der Waals surface area contributed by atoms with Gasteiger partial charge in [0.2, 0.25) is 0 Å². The van der Waals surface area contributed by atoms with Crippen LogP contribution in [0, 0.1) is 0 Å². The van der Waals surface area contributed by atoms with Gasteiger partial charge < -0.3 is 9.47 Å². The van der Waals surface area contributed by atoms with Crippen LogP contribution in [0.1, 0.15) is 37.8 Å². The Bertz CT molecular complexity index is 775. The van der Waals surface area contributed by atoms with Crippen molar-refractivity contribution >= 4 is 28.1 Å². The van der Waals surface area contributed by atoms with E-state index >= 15 is 0 Å². The minimum absolute atomic E-state index is 0.0993. The summed E-state index contributed by atoms with van der Waals surface area (Å²) in [4.78, 5) is 12.0. The van der Waals surface area contributed by atoms with Crippen molar-refractivity contribution in [3.8, 4) is 11.5 Å². The van der Waals surface area contributed by atoms with Gasteiger partial charge in [0.05, 0.1) is 12.8 Å². The molecule has 1 amide bonds. The normalized spacial score (nSPS) is 11.0. The Kier molecular flexibility index (Phi) is 7.66. The maximum Gasteiger partial charge on any atom is 0.277 e. The number of hydrogen-bond acceptors (Lipinski definition) is 4. The Labute approximate surface area is 162 Å². The van der Waals surface area contributed by atoms with Crippen molar-refractivity contribution in [3.63, 3.8) is 0 Å². The lowest BCUT2D eigenvalue weighted by Crippen LogP contribution is -2.25. The lowest BCUT2D eigenvalue weighted by molar-refractivity contribution is -0.123. The van der Waals surface area contributed by atoms with Crippen LogP contribution in [0.25, 0.3) is 0 Å². The van der Waals surface area contributed by atoms with E-state index in [9.17, 15) is 4.79 Å². The molecule has 0 atom stereocenters. The number of nitrogens with zero attached hydrogens (tertiary/aromatic N) is 1. The number of carbonyl (C=O) groups is 1. The number of rotatable bonds is 8. The Morgan fingerprint density at radius 2 is 1.96 bits per heavy atom. The molecule has 0 heterocycles. The summed E-state index contributed by atoms with van der Waals surface area (Å²) >= 11 is 3.41. The van der Waals surface area contributed by atoms with E-state index < -0.39 is 0 Å². The first-order valence-corrected chi connectivity index (χ1v) is 9.26. The zero-order valence-corrected chi connectivity index (χ0v) is 16.7. The van der Waals surface area contributed by atoms with Gasteiger partial charge in [0.25, 0.3) is 5.91 Å². The molecule has 1 N–H and O–H groups in total. The first-order valence-electron chi connectivity index (χ1n) is 8.47. The number of amides is 1. The number of hydrogen-bond donors (Lipinski definition) is 1. The number of carbonyl (C=O) groups excluding carboxylic acids is 1. The predicted octanol–water partition coefficient (Wildman–Crippen LogP) is 4.50. The maximum absolute atomic E-state index is 12.0. The molecule has 0 fully saturated rings. The third-order valence-corrected chi connectivity index (χ3v) is 4.06. The van der Waals surface area contributed by atoms with Crippen LogP contribution in [0.2, 0.25) is 0 Å². The minimum Gasteiger partial charge on any atom is -0.493 e. The summed E-state index contributed by atoms with van der Waals surface area (Å²) in [5.41, 5.74) is 4.31. The fraction of sp³-hybridized carbons (Fsp3) is 0.300. The molecule has 2 aromatic rings. The molecule has 0 aromatic heterocycles. The molecule has 0 saturated heterocycles. The molecule has 0 radical (unpaired) electrons. The van der Waals surface area contributed by atoms with Gasteiger partial charge in [-0.3, -0.25) is 4.79 Å². The molecule has 138 valence electrons. The van der Waals surface area contributed by atoms with Gasteiger partial charge in [0.15, 0.2) is 6.61 Å². The first kappa shape index (κ1) is 20.0. The van der Waals surface area contributed by atoms with E-state index in [0.29, 0.717) is 24.0 Å². The topological polar surface area (TPSA) is 59.9 Å². The van der Waals surface area contributed by atoms with Crippen molar-refractivity contribution in [2.24, 2.45) is 5.10 Å². The van der Waals surface area contributed by atoms with Crippen molar-refractivity contribution in [2.45, 2.75) is 26.7 Å². The molecular formula is C20H23BrN2O3. The van der Waals surface area contributed by atoms with E-state index in [2.05, 4.69) is 40.3 Å². The van der Waals surface area contributed by atoms with Gasteiger partial charge in [-0.15, -0.1) is 0 Å². The van der Waals surface area contributed by atoms with Gasteiger partial charge in [-0.25, -0.2) is 5.43 Å². The monoisotopic (exact) mass is 418 g/mol. The van der Waals surface area contributed by atoms with Gasteiger partial charge in [-0.05, 0) is 42.7 Å². The summed E-state index contributed by atoms with van der Waals surface area (Å²) in [5, 5.41) is 3.99. The lowest BCUT2D eigenvalue weighted by atomic mass is 10.0. The SMILES string of the molecule is CCOc1ccc(Br)cc1/C=N/NC(=O)COc1ccccc1C(C)C. The van der Waals surface area contributed by atoms with Crippen LogP contribution in [-0.4, -0.2) is 25.3 Å². The Morgan fingerprint density at radius 3 is 2.69 bits per heavy atom. The van der Waals surface area contributed by atoms with E-state index in [4.69, 9.17) is 9.47 Å². The summed E-state index contributed by atoms with van der Waals surface area (Å²) in [6.45, 7) is 6.54. The van der Waals surface area contributed by atoms with Crippen molar-refractivity contribution in [3.05, 3.63) is 58.1 Å². The fourth-order valence-electron chi connectivity index (χ4n) is 2.35. The molecule has 6 heteroatoms. The zero-order valence-electron chi connectivity index (χ0n) is 15.2. The molecule has 0 aliphatic rings. The number of nitrogens with one attached hydrogen (secondary N) is 1. The highest BCUT2D eigenvalue weighted by molar-refractivity contribution is 9.10. The average molecular weight is 419 g/mol. The highest BCUT2D eigenvalue weighted by Gasteiger charge is 2.09. The van der Waals surface area contributed by atoms with Crippen LogP contribution in [0.3, 0.4) is 0 Å². The number of para-hydroxylation sites is 1. The molecule has 0 bridgehead atoms. The highest BCUT2D eigenvalue weighted by atomic mass is 79.9. The highest BCUT2D eigenvalue weighted by Crippen LogP contribution is 2.25. The second-order valence-corrected chi connectivity index (χ2v) is 6.81. The summed E-state index contributed by atoms with van der Waals surface area (Å²) in [6.07, 6.45) is 1.55. The number of ether oxygens (including phenoxy) is 2. The second-order valence-electron chi connectivity index (χ2n) is 5.89. The average Bonchev–Trinajstić information content (AvgIpc) is 2.62. The molecule has 26 heavy (non-hydrogen) atoms. The largest absolute Gasteiger partial charge is 0.493 e. The molecule has 5 nitrogen and oxygen atoms in total. The molecule has 0 unspecified atom stereocenters. The number of hydrazone groups is 1. The number of halogens is 1. The third kappa shape index (κ3) is 5.88. The van der Waals surface area contributed by atoms with Crippen molar-refractivity contribution in [1.82, 2.24) is 5.43 Å². The van der Waals surface area contributed by atoms with Crippen LogP contribution in [0.15, 0.2) is 52.0 Å². The van der Waals surface area contributed by atoms with Crippen LogP contribution in [0.5, 0.6) is 11.5 Å². The second kappa shape index (κ2) is 9.97.